The third kappa shape index (κ3) is 4.49. The van der Waals surface area contributed by atoms with E-state index in [1.54, 1.807) is 31.4 Å². The van der Waals surface area contributed by atoms with Gasteiger partial charge < -0.3 is 14.6 Å². The normalized spacial score (nSPS) is 26.0. The third-order valence-electron chi connectivity index (χ3n) is 7.53. The van der Waals surface area contributed by atoms with Crippen LogP contribution in [0.5, 0.6) is 5.75 Å². The van der Waals surface area contributed by atoms with Crippen LogP contribution in [0.25, 0.3) is 6.08 Å². The van der Waals surface area contributed by atoms with Crippen LogP contribution in [0.1, 0.15) is 31.7 Å². The Morgan fingerprint density at radius 3 is 2.67 bits per heavy atom. The minimum atomic E-state index is -0.397. The molecule has 0 saturated carbocycles. The number of nitrogens with zero attached hydrogens (tertiary/aromatic N) is 1. The van der Waals surface area contributed by atoms with Gasteiger partial charge in [-0.3, -0.25) is 14.5 Å². The smallest absolute Gasteiger partial charge is 0.238 e. The van der Waals surface area contributed by atoms with Gasteiger partial charge in [0.15, 0.2) is 0 Å². The van der Waals surface area contributed by atoms with Crippen LogP contribution in [-0.4, -0.2) is 43.3 Å². The predicted octanol–water partition coefficient (Wildman–Crippen LogP) is 5.40. The number of ether oxygens (including phenoxy) is 2. The van der Waals surface area contributed by atoms with Crippen molar-refractivity contribution in [1.29, 1.82) is 0 Å². The fourth-order valence-corrected chi connectivity index (χ4v) is 6.17. The summed E-state index contributed by atoms with van der Waals surface area (Å²) in [5.41, 5.74) is 4.85. The highest BCUT2D eigenvalue weighted by Crippen LogP contribution is 2.50. The summed E-state index contributed by atoms with van der Waals surface area (Å²) in [7, 11) is 1.66. The van der Waals surface area contributed by atoms with Crippen LogP contribution in [0, 0.1) is 17.8 Å². The molecule has 1 aliphatic carbocycles. The number of benzene rings is 2. The number of allylic oxidation sites excluding steroid dienone is 1. The maximum Gasteiger partial charge on any atom is 0.238 e. The van der Waals surface area contributed by atoms with Crippen molar-refractivity contribution in [2.24, 2.45) is 17.8 Å². The second-order valence-electron chi connectivity index (χ2n) is 9.84. The van der Waals surface area contributed by atoms with E-state index in [9.17, 15) is 14.7 Å². The fraction of sp³-hybridized carbons (Fsp3) is 0.379. The van der Waals surface area contributed by atoms with E-state index in [1.807, 2.05) is 31.2 Å². The van der Waals surface area contributed by atoms with Crippen molar-refractivity contribution >= 4 is 35.2 Å². The molecule has 2 saturated heterocycles. The minimum Gasteiger partial charge on any atom is -0.508 e. The van der Waals surface area contributed by atoms with Gasteiger partial charge in [0.2, 0.25) is 11.8 Å². The second-order valence-corrected chi connectivity index (χ2v) is 10.2. The Morgan fingerprint density at radius 2 is 1.94 bits per heavy atom. The number of hydrogen-bond acceptors (Lipinski definition) is 5. The van der Waals surface area contributed by atoms with E-state index in [1.165, 1.54) is 11.0 Å². The van der Waals surface area contributed by atoms with Crippen molar-refractivity contribution in [3.63, 3.8) is 0 Å². The summed E-state index contributed by atoms with van der Waals surface area (Å²) < 4.78 is 11.8. The minimum absolute atomic E-state index is 0.111. The van der Waals surface area contributed by atoms with Crippen LogP contribution >= 0.6 is 11.6 Å². The number of halogens is 1. The van der Waals surface area contributed by atoms with Crippen LogP contribution < -0.4 is 4.90 Å². The van der Waals surface area contributed by atoms with Gasteiger partial charge in [-0.2, -0.15) is 0 Å². The molecule has 3 aliphatic rings. The summed E-state index contributed by atoms with van der Waals surface area (Å²) in [4.78, 5) is 28.3. The predicted molar refractivity (Wildman–Crippen MR) is 139 cm³/mol. The number of hydrogen-bond donors (Lipinski definition) is 1. The summed E-state index contributed by atoms with van der Waals surface area (Å²) >= 11 is 6.26. The number of aromatic hydroxyl groups is 1. The molecule has 0 aromatic heterocycles. The molecule has 1 N–H and O–H groups in total. The first-order chi connectivity index (χ1) is 17.4. The first-order valence-corrected chi connectivity index (χ1v) is 12.7. The summed E-state index contributed by atoms with van der Waals surface area (Å²) in [6.07, 6.45) is 3.98. The first kappa shape index (κ1) is 24.8. The number of anilines is 1. The number of phenols is 1. The van der Waals surface area contributed by atoms with Crippen LogP contribution in [0.3, 0.4) is 0 Å². The molecule has 36 heavy (non-hydrogen) atoms. The van der Waals surface area contributed by atoms with Gasteiger partial charge in [0.25, 0.3) is 0 Å². The third-order valence-corrected chi connectivity index (χ3v) is 7.86. The van der Waals surface area contributed by atoms with Gasteiger partial charge in [-0.05, 0) is 73.2 Å². The quantitative estimate of drug-likeness (QED) is 0.401. The Labute approximate surface area is 216 Å². The SMILES string of the molecule is COCC1=C2[C@@H](CC/C(C)=C/c3ccc(O)cc3Cl)OC[C@@H]2[C@@H]2C(=O)N(c3ccccc3)C(=O)[C@@H]2C1. The molecular weight excluding hydrogens is 478 g/mol. The van der Waals surface area contributed by atoms with Crippen molar-refractivity contribution in [1.82, 2.24) is 0 Å². The maximum atomic E-state index is 13.5. The summed E-state index contributed by atoms with van der Waals surface area (Å²) in [6, 6.07) is 14.1. The monoisotopic (exact) mass is 507 g/mol. The molecule has 2 fully saturated rings. The van der Waals surface area contributed by atoms with Crippen molar-refractivity contribution in [2.45, 2.75) is 32.3 Å². The van der Waals surface area contributed by atoms with Gasteiger partial charge in [-0.15, -0.1) is 0 Å². The molecule has 4 atom stereocenters. The lowest BCUT2D eigenvalue weighted by Crippen LogP contribution is -2.35. The molecular formula is C29H30ClNO5. The van der Waals surface area contributed by atoms with Gasteiger partial charge in [0.1, 0.15) is 5.75 Å². The highest BCUT2D eigenvalue weighted by molar-refractivity contribution is 6.32. The van der Waals surface area contributed by atoms with Gasteiger partial charge >= 0.3 is 0 Å². The number of imide groups is 1. The Hall–Kier alpha value is -2.93. The van der Waals surface area contributed by atoms with Gasteiger partial charge in [0.05, 0.1) is 41.9 Å². The van der Waals surface area contributed by atoms with E-state index in [-0.39, 0.29) is 35.5 Å². The lowest BCUT2D eigenvalue weighted by atomic mass is 9.69. The molecule has 2 heterocycles. The van der Waals surface area contributed by atoms with Gasteiger partial charge in [-0.25, -0.2) is 0 Å². The van der Waals surface area contributed by atoms with E-state index in [2.05, 4.69) is 0 Å². The zero-order chi connectivity index (χ0) is 25.4. The average molecular weight is 508 g/mol. The Kier molecular flexibility index (Phi) is 7.02. The van der Waals surface area contributed by atoms with E-state index in [4.69, 9.17) is 21.1 Å². The first-order valence-electron chi connectivity index (χ1n) is 12.3. The van der Waals surface area contributed by atoms with Gasteiger partial charge in [0, 0.05) is 13.0 Å². The lowest BCUT2D eigenvalue weighted by molar-refractivity contribution is -0.122. The second kappa shape index (κ2) is 10.2. The molecule has 2 aliphatic heterocycles. The number of phenolic OH excluding ortho intramolecular Hbond substituents is 1. The molecule has 2 aromatic rings. The van der Waals surface area contributed by atoms with Crippen LogP contribution in [0.4, 0.5) is 5.69 Å². The molecule has 2 aromatic carbocycles. The van der Waals surface area contributed by atoms with Crippen molar-refractivity contribution < 1.29 is 24.2 Å². The van der Waals surface area contributed by atoms with E-state index < -0.39 is 5.92 Å². The lowest BCUT2D eigenvalue weighted by Gasteiger charge is -2.31. The Balaban J connectivity index is 1.37. The average Bonchev–Trinajstić information content (AvgIpc) is 3.39. The molecule has 0 unspecified atom stereocenters. The number of amides is 2. The molecule has 188 valence electrons. The molecule has 6 nitrogen and oxygen atoms in total. The van der Waals surface area contributed by atoms with Crippen LogP contribution in [-0.2, 0) is 19.1 Å². The highest BCUT2D eigenvalue weighted by Gasteiger charge is 2.57. The molecule has 0 bridgehead atoms. The number of rotatable bonds is 7. The number of para-hydroxylation sites is 1. The summed E-state index contributed by atoms with van der Waals surface area (Å²) in [5, 5.41) is 10.1. The van der Waals surface area contributed by atoms with Gasteiger partial charge in [-0.1, -0.05) is 41.4 Å². The van der Waals surface area contributed by atoms with Crippen molar-refractivity contribution in [3.8, 4) is 5.75 Å². The topological polar surface area (TPSA) is 76.1 Å². The van der Waals surface area contributed by atoms with Crippen molar-refractivity contribution in [2.75, 3.05) is 25.2 Å². The molecule has 0 spiro atoms. The molecule has 5 rings (SSSR count). The standard InChI is InChI=1S/C29H30ClNO5/c1-17(12-18-9-10-21(32)14-24(18)30)8-11-25-26-19(15-35-2)13-22-27(23(26)16-36-25)29(34)31(28(22)33)20-6-4-3-5-7-20/h3-7,9-10,12,14,22-23,25,27,32H,8,11,13,15-16H2,1-2H3/b17-12+/t22-,23+,25-,27-/m1/s1. The zero-order valence-corrected chi connectivity index (χ0v) is 21.2. The van der Waals surface area contributed by atoms with E-state index >= 15 is 0 Å². The largest absolute Gasteiger partial charge is 0.508 e. The number of methoxy groups -OCH3 is 1. The number of fused-ring (bicyclic) bond motifs is 3. The fourth-order valence-electron chi connectivity index (χ4n) is 5.94. The molecule has 2 amide bonds. The highest BCUT2D eigenvalue weighted by atomic mass is 35.5. The van der Waals surface area contributed by atoms with E-state index in [0.29, 0.717) is 30.3 Å². The van der Waals surface area contributed by atoms with Crippen molar-refractivity contribution in [3.05, 3.63) is 75.8 Å². The zero-order valence-electron chi connectivity index (χ0n) is 20.4. The molecule has 7 heteroatoms. The Morgan fingerprint density at radius 1 is 1.17 bits per heavy atom. The summed E-state index contributed by atoms with van der Waals surface area (Å²) in [6.45, 7) is 2.91. The van der Waals surface area contributed by atoms with E-state index in [0.717, 1.165) is 35.1 Å². The summed E-state index contributed by atoms with van der Waals surface area (Å²) in [5.74, 6) is -1.00. The number of carbonyl (C=O) groups excluding carboxylic acids is 2. The van der Waals surface area contributed by atoms with Crippen LogP contribution in [0.15, 0.2) is 65.3 Å². The maximum absolute atomic E-state index is 13.5. The molecule has 0 radical (unpaired) electrons. The van der Waals surface area contributed by atoms with Crippen LogP contribution in [0.2, 0.25) is 5.02 Å². The number of carbonyl (C=O) groups is 2. The Bertz CT molecular complexity index is 1240.